The number of azide groups is 1. The fourth-order valence-electron chi connectivity index (χ4n) is 10.9. The highest BCUT2D eigenvalue weighted by Crippen LogP contribution is 2.30. The number of alkyl carbamates (subject to hydrolysis) is 1. The molecule has 1 saturated heterocycles. The van der Waals surface area contributed by atoms with Crippen LogP contribution in [0.2, 0.25) is 0 Å². The van der Waals surface area contributed by atoms with Gasteiger partial charge in [0.2, 0.25) is 41.4 Å². The number of carbonyl (C=O) groups is 9. The van der Waals surface area contributed by atoms with Gasteiger partial charge in [-0.05, 0) is 99.4 Å². The SMILES string of the molecule is CC[C@H](C)[C@@H]([C@@H](CC(=O)N1CCC[C@H]1[C@H](OC)[C@@H](C)C(=O)N[C@H](C)[C@@H](O)c1ccccc1)OC)N(C)C(=O)[C@@H](NC(=O)[C@H](C(C)C)N(C)C(=O)OCc1ccc(NC(=O)[C@H](CCNC(=O)OC(C)(C)C)NC(=O)[C@@H](NC(=O)CN=[N+]=[N-])C(C)C)cc1)C(C)C. The number of likely N-dealkylation sites (tertiary alicyclic amines) is 1. The molecule has 3 rings (SSSR count). The Morgan fingerprint density at radius 3 is 1.96 bits per heavy atom. The van der Waals surface area contributed by atoms with E-state index in [0.29, 0.717) is 42.6 Å². The minimum absolute atomic E-state index is 0.0816. The van der Waals surface area contributed by atoms with Crippen molar-refractivity contribution < 1.29 is 67.2 Å². The number of hydrogen-bond donors (Lipinski definition) is 7. The quantitative estimate of drug-likeness (QED) is 0.0232. The molecule has 2 aromatic rings. The number of aliphatic hydroxyl groups excluding tert-OH is 1. The Hall–Kier alpha value is -7.54. The molecule has 0 bridgehead atoms. The monoisotopic (exact) mass is 1250 g/mol. The summed E-state index contributed by atoms with van der Waals surface area (Å²) in [6.07, 6.45) is -2.23. The lowest BCUT2D eigenvalue weighted by atomic mass is 9.89. The molecule has 0 radical (unpaired) electrons. The van der Waals surface area contributed by atoms with E-state index in [1.807, 2.05) is 32.0 Å². The van der Waals surface area contributed by atoms with Gasteiger partial charge in [0, 0.05) is 52.0 Å². The highest BCUT2D eigenvalue weighted by atomic mass is 16.6. The summed E-state index contributed by atoms with van der Waals surface area (Å²) in [5.41, 5.74) is 9.32. The van der Waals surface area contributed by atoms with E-state index in [4.69, 9.17) is 24.5 Å². The number of nitrogens with one attached hydrogen (secondary N) is 6. The van der Waals surface area contributed by atoms with Crippen LogP contribution < -0.4 is 31.9 Å². The van der Waals surface area contributed by atoms with E-state index in [9.17, 15) is 48.3 Å². The maximum absolute atomic E-state index is 14.8. The van der Waals surface area contributed by atoms with Crippen molar-refractivity contribution in [2.24, 2.45) is 34.7 Å². The van der Waals surface area contributed by atoms with Crippen LogP contribution in [-0.4, -0.2) is 181 Å². The van der Waals surface area contributed by atoms with E-state index in [1.54, 1.807) is 129 Å². The zero-order chi connectivity index (χ0) is 67.0. The molecule has 1 heterocycles. The van der Waals surface area contributed by atoms with Crippen LogP contribution >= 0.6 is 0 Å². The first-order valence-corrected chi connectivity index (χ1v) is 30.6. The number of amides is 9. The highest BCUT2D eigenvalue weighted by Gasteiger charge is 2.44. The van der Waals surface area contributed by atoms with Crippen molar-refractivity contribution in [1.29, 1.82) is 0 Å². The van der Waals surface area contributed by atoms with Crippen LogP contribution in [0.15, 0.2) is 59.7 Å². The first-order valence-electron chi connectivity index (χ1n) is 30.6. The van der Waals surface area contributed by atoms with Gasteiger partial charge in [0.25, 0.3) is 0 Å². The van der Waals surface area contributed by atoms with Gasteiger partial charge in [0.05, 0.1) is 48.8 Å². The van der Waals surface area contributed by atoms with Gasteiger partial charge < -0.3 is 65.8 Å². The molecule has 26 nitrogen and oxygen atoms in total. The minimum Gasteiger partial charge on any atom is -0.445 e. The number of benzene rings is 2. The fourth-order valence-corrected chi connectivity index (χ4v) is 10.9. The summed E-state index contributed by atoms with van der Waals surface area (Å²) in [6, 6.07) is 9.19. The maximum Gasteiger partial charge on any atom is 0.410 e. The minimum atomic E-state index is -1.22. The summed E-state index contributed by atoms with van der Waals surface area (Å²) in [5, 5.41) is 30.5. The summed E-state index contributed by atoms with van der Waals surface area (Å²) in [4.78, 5) is 130. The Bertz CT molecular complexity index is 2700. The molecule has 12 atom stereocenters. The van der Waals surface area contributed by atoms with Crippen molar-refractivity contribution in [3.05, 3.63) is 76.2 Å². The maximum atomic E-state index is 14.8. The first-order chi connectivity index (χ1) is 41.8. The van der Waals surface area contributed by atoms with E-state index in [1.165, 1.54) is 26.2 Å². The normalized spacial score (nSPS) is 17.0. The van der Waals surface area contributed by atoms with Crippen LogP contribution in [0.5, 0.6) is 0 Å². The molecule has 0 saturated carbocycles. The number of likely N-dealkylation sites (N-methyl/N-ethyl adjacent to an activating group) is 2. The predicted octanol–water partition coefficient (Wildman–Crippen LogP) is 6.37. The Kier molecular flexibility index (Phi) is 30.8. The van der Waals surface area contributed by atoms with E-state index >= 15 is 0 Å². The van der Waals surface area contributed by atoms with E-state index in [0.717, 1.165) is 0 Å². The summed E-state index contributed by atoms with van der Waals surface area (Å²) in [7, 11) is 6.07. The van der Waals surface area contributed by atoms with Gasteiger partial charge in [0.15, 0.2) is 0 Å². The molecule has 496 valence electrons. The lowest BCUT2D eigenvalue weighted by Crippen LogP contribution is -2.60. The zero-order valence-electron chi connectivity index (χ0n) is 55.2. The standard InChI is InChI=1S/C63H100N12O14/c1-18-39(8)53(47(86-16)33-49(77)75-32-22-25-46(75)55(87-17)40(9)56(79)67-41(10)54(78)43-23-20-19-21-24-43)73(14)60(83)51(37(4)5)71-59(82)52(38(6)7)74(15)62(85)88-35-42-26-28-44(29-27-42)68-57(80)45(30-31-65-61(84)89-63(11,12)13)69-58(81)50(36(2)3)70-48(76)34-66-72-64/h19-21,23-24,26-29,36-41,45-47,50-55,78H,18,22,25,30-35H2,1-17H3,(H,65,84)(H,67,79)(H,68,80)(H,69,81)(H,70,76)(H,71,82)/t39-,40+,41+,45-,46-,47+,50-,51-,52-,53-,54+,55+/m0/s1. The average Bonchev–Trinajstić information content (AvgIpc) is 2.01. The van der Waals surface area contributed by atoms with Crippen LogP contribution in [0.3, 0.4) is 0 Å². The van der Waals surface area contributed by atoms with Gasteiger partial charge in [-0.3, -0.25) is 38.5 Å². The molecule has 0 aliphatic carbocycles. The molecular formula is C63H100N12O14. The zero-order valence-corrected chi connectivity index (χ0v) is 55.2. The van der Waals surface area contributed by atoms with Crippen molar-refractivity contribution >= 4 is 59.2 Å². The topological polar surface area (TPSA) is 341 Å². The molecule has 1 aliphatic heterocycles. The van der Waals surface area contributed by atoms with Gasteiger partial charge >= 0.3 is 12.2 Å². The number of rotatable bonds is 33. The molecule has 26 heteroatoms. The van der Waals surface area contributed by atoms with Gasteiger partial charge in [-0.2, -0.15) is 0 Å². The lowest BCUT2D eigenvalue weighted by Gasteiger charge is -2.41. The number of nitrogens with zero attached hydrogens (tertiary/aromatic N) is 6. The van der Waals surface area contributed by atoms with Crippen LogP contribution in [0.4, 0.5) is 15.3 Å². The second-order valence-corrected chi connectivity index (χ2v) is 25.0. The second-order valence-electron chi connectivity index (χ2n) is 25.0. The number of methoxy groups -OCH3 is 2. The number of carbonyl (C=O) groups excluding carboxylic acids is 9. The number of ether oxygens (including phenoxy) is 4. The lowest BCUT2D eigenvalue weighted by molar-refractivity contribution is -0.148. The van der Waals surface area contributed by atoms with E-state index < -0.39 is 138 Å². The Balaban J connectivity index is 1.73. The molecule has 9 amide bonds. The molecule has 1 aliphatic rings. The van der Waals surface area contributed by atoms with Crippen LogP contribution in [0.1, 0.15) is 139 Å². The number of anilines is 1. The second kappa shape index (κ2) is 36.2. The van der Waals surface area contributed by atoms with Gasteiger partial charge in [0.1, 0.15) is 42.9 Å². The molecular weight excluding hydrogens is 1150 g/mol. The highest BCUT2D eigenvalue weighted by molar-refractivity contribution is 5.98. The Morgan fingerprint density at radius 2 is 1.40 bits per heavy atom. The third-order valence-corrected chi connectivity index (χ3v) is 15.9. The third-order valence-electron chi connectivity index (χ3n) is 15.9. The number of hydrogen-bond acceptors (Lipinski definition) is 15. The molecule has 89 heavy (non-hydrogen) atoms. The molecule has 1 fully saturated rings. The third kappa shape index (κ3) is 23.1. The molecule has 7 N–H and O–H groups in total. The summed E-state index contributed by atoms with van der Waals surface area (Å²) in [6.45, 7) is 22.5. The predicted molar refractivity (Wildman–Crippen MR) is 335 cm³/mol. The van der Waals surface area contributed by atoms with Crippen molar-refractivity contribution in [3.63, 3.8) is 0 Å². The van der Waals surface area contributed by atoms with Crippen LogP contribution in [-0.2, 0) is 59.1 Å². The smallest absolute Gasteiger partial charge is 0.410 e. The largest absolute Gasteiger partial charge is 0.445 e. The molecule has 0 unspecified atom stereocenters. The summed E-state index contributed by atoms with van der Waals surface area (Å²) < 4.78 is 23.0. The van der Waals surface area contributed by atoms with Crippen molar-refractivity contribution in [2.75, 3.05) is 53.3 Å². The Morgan fingerprint density at radius 1 is 0.775 bits per heavy atom. The average molecular weight is 1250 g/mol. The van der Waals surface area contributed by atoms with E-state index in [-0.39, 0.29) is 43.7 Å². The van der Waals surface area contributed by atoms with Crippen LogP contribution in [0, 0.1) is 29.6 Å². The molecule has 2 aromatic carbocycles. The van der Waals surface area contributed by atoms with Gasteiger partial charge in [-0.25, -0.2) is 9.59 Å². The molecule has 0 aromatic heterocycles. The van der Waals surface area contributed by atoms with Crippen LogP contribution in [0.25, 0.3) is 10.4 Å². The van der Waals surface area contributed by atoms with Crippen molar-refractivity contribution in [1.82, 2.24) is 41.3 Å². The summed E-state index contributed by atoms with van der Waals surface area (Å²) >= 11 is 0. The first kappa shape index (κ1) is 75.7. The van der Waals surface area contributed by atoms with Gasteiger partial charge in [-0.15, -0.1) is 0 Å². The van der Waals surface area contributed by atoms with Gasteiger partial charge in [-0.1, -0.05) is 116 Å². The van der Waals surface area contributed by atoms with E-state index in [2.05, 4.69) is 41.9 Å². The Labute approximate surface area is 525 Å². The fraction of sp³-hybridized carbons (Fsp3) is 0.667. The van der Waals surface area contributed by atoms with Crippen molar-refractivity contribution in [2.45, 2.75) is 195 Å². The number of aliphatic hydroxyl groups is 1. The van der Waals surface area contributed by atoms with Crippen molar-refractivity contribution in [3.8, 4) is 0 Å². The molecule has 0 spiro atoms. The summed E-state index contributed by atoms with van der Waals surface area (Å²) in [5.74, 6) is -5.81.